The van der Waals surface area contributed by atoms with Gasteiger partial charge in [0, 0.05) is 12.3 Å². The summed E-state index contributed by atoms with van der Waals surface area (Å²) in [5.41, 5.74) is 8.79. The summed E-state index contributed by atoms with van der Waals surface area (Å²) >= 11 is 0. The van der Waals surface area contributed by atoms with Crippen molar-refractivity contribution in [2.45, 2.75) is 39.2 Å². The molecule has 104 valence electrons. The first-order chi connectivity index (χ1) is 9.08. The van der Waals surface area contributed by atoms with Gasteiger partial charge in [0.2, 0.25) is 0 Å². The van der Waals surface area contributed by atoms with Gasteiger partial charge in [0.1, 0.15) is 6.61 Å². The van der Waals surface area contributed by atoms with Crippen molar-refractivity contribution in [3.63, 3.8) is 0 Å². The molecule has 2 N–H and O–H groups in total. The van der Waals surface area contributed by atoms with Crippen LogP contribution in [0.1, 0.15) is 40.7 Å². The largest absolute Gasteiger partial charge is 0.459 e. The van der Waals surface area contributed by atoms with Crippen LogP contribution in [0.25, 0.3) is 0 Å². The first kappa shape index (κ1) is 13.9. The van der Waals surface area contributed by atoms with Gasteiger partial charge in [-0.3, -0.25) is 0 Å². The minimum Gasteiger partial charge on any atom is -0.459 e. The van der Waals surface area contributed by atoms with Crippen molar-refractivity contribution < 1.29 is 14.3 Å². The highest BCUT2D eigenvalue weighted by Gasteiger charge is 2.18. The van der Waals surface area contributed by atoms with E-state index in [9.17, 15) is 4.79 Å². The maximum absolute atomic E-state index is 12.1. The number of hydrogen-bond donors (Lipinski definition) is 1. The molecular formula is C15H21NO3. The smallest absolute Gasteiger partial charge is 0.340 e. The lowest BCUT2D eigenvalue weighted by Gasteiger charge is -2.22. The van der Waals surface area contributed by atoms with Crippen molar-refractivity contribution in [2.75, 3.05) is 18.9 Å². The molecule has 0 radical (unpaired) electrons. The lowest BCUT2D eigenvalue weighted by Crippen LogP contribution is -2.26. The molecule has 1 fully saturated rings. The summed E-state index contributed by atoms with van der Waals surface area (Å²) in [6, 6.07) is 3.72. The van der Waals surface area contributed by atoms with Crippen LogP contribution in [-0.2, 0) is 9.47 Å². The van der Waals surface area contributed by atoms with Crippen LogP contribution < -0.4 is 5.73 Å². The van der Waals surface area contributed by atoms with Gasteiger partial charge in [0.05, 0.1) is 11.7 Å². The van der Waals surface area contributed by atoms with E-state index in [1.54, 1.807) is 6.07 Å². The zero-order chi connectivity index (χ0) is 13.8. The molecule has 1 aliphatic rings. The summed E-state index contributed by atoms with van der Waals surface area (Å²) < 4.78 is 10.8. The van der Waals surface area contributed by atoms with Crippen LogP contribution in [0.3, 0.4) is 0 Å². The maximum atomic E-state index is 12.1. The van der Waals surface area contributed by atoms with Crippen molar-refractivity contribution in [3.8, 4) is 0 Å². The average Bonchev–Trinajstić information content (AvgIpc) is 2.41. The van der Waals surface area contributed by atoms with Crippen LogP contribution in [0, 0.1) is 13.8 Å². The summed E-state index contributed by atoms with van der Waals surface area (Å²) in [7, 11) is 0. The molecule has 2 rings (SSSR count). The second-order valence-corrected chi connectivity index (χ2v) is 5.13. The molecule has 4 nitrogen and oxygen atoms in total. The second-order valence-electron chi connectivity index (χ2n) is 5.13. The Hall–Kier alpha value is -1.55. The molecule has 0 spiro atoms. The van der Waals surface area contributed by atoms with Crippen LogP contribution in [0.2, 0.25) is 0 Å². The summed E-state index contributed by atoms with van der Waals surface area (Å²) in [6.45, 7) is 4.90. The van der Waals surface area contributed by atoms with Gasteiger partial charge in [-0.25, -0.2) is 4.79 Å². The van der Waals surface area contributed by atoms with Gasteiger partial charge in [0.25, 0.3) is 0 Å². The fourth-order valence-corrected chi connectivity index (χ4v) is 2.33. The van der Waals surface area contributed by atoms with Gasteiger partial charge in [-0.15, -0.1) is 0 Å². The van der Waals surface area contributed by atoms with E-state index in [0.717, 1.165) is 37.0 Å². The maximum Gasteiger partial charge on any atom is 0.340 e. The highest BCUT2D eigenvalue weighted by Crippen LogP contribution is 2.21. The monoisotopic (exact) mass is 263 g/mol. The summed E-state index contributed by atoms with van der Waals surface area (Å²) in [4.78, 5) is 12.1. The number of nitrogen functional groups attached to an aromatic ring is 1. The summed E-state index contributed by atoms with van der Waals surface area (Å²) in [5.74, 6) is -0.363. The highest BCUT2D eigenvalue weighted by molar-refractivity contribution is 5.96. The topological polar surface area (TPSA) is 61.6 Å². The van der Waals surface area contributed by atoms with Crippen LogP contribution in [0.4, 0.5) is 5.69 Å². The number of nitrogens with two attached hydrogens (primary N) is 1. The molecule has 0 amide bonds. The van der Waals surface area contributed by atoms with Gasteiger partial charge in [-0.05, 0) is 50.3 Å². The van der Waals surface area contributed by atoms with E-state index in [0.29, 0.717) is 17.9 Å². The molecule has 1 saturated heterocycles. The molecule has 0 saturated carbocycles. The van der Waals surface area contributed by atoms with Crippen molar-refractivity contribution in [1.29, 1.82) is 0 Å². The number of anilines is 1. The third kappa shape index (κ3) is 3.47. The molecule has 0 bridgehead atoms. The van der Waals surface area contributed by atoms with E-state index < -0.39 is 0 Å². The molecule has 1 atom stereocenters. The Morgan fingerprint density at radius 3 is 2.89 bits per heavy atom. The SMILES string of the molecule is Cc1cc(C)c(N)c(C(=O)OCC2CCCCO2)c1. The molecule has 19 heavy (non-hydrogen) atoms. The van der Waals surface area contributed by atoms with Gasteiger partial charge >= 0.3 is 5.97 Å². The molecular weight excluding hydrogens is 242 g/mol. The third-order valence-electron chi connectivity index (χ3n) is 3.43. The number of ether oxygens (including phenoxy) is 2. The van der Waals surface area contributed by atoms with E-state index in [1.807, 2.05) is 19.9 Å². The Bertz CT molecular complexity index is 465. The van der Waals surface area contributed by atoms with E-state index in [1.165, 1.54) is 0 Å². The first-order valence-corrected chi connectivity index (χ1v) is 6.73. The van der Waals surface area contributed by atoms with Crippen LogP contribution in [0.5, 0.6) is 0 Å². The fourth-order valence-electron chi connectivity index (χ4n) is 2.33. The van der Waals surface area contributed by atoms with Crippen molar-refractivity contribution in [1.82, 2.24) is 0 Å². The number of benzene rings is 1. The zero-order valence-corrected chi connectivity index (χ0v) is 11.6. The summed E-state index contributed by atoms with van der Waals surface area (Å²) in [6.07, 6.45) is 3.21. The predicted octanol–water partition coefficient (Wildman–Crippen LogP) is 2.61. The number of carbonyl (C=O) groups is 1. The van der Waals surface area contributed by atoms with E-state index in [2.05, 4.69) is 0 Å². The molecule has 1 heterocycles. The Labute approximate surface area is 113 Å². The molecule has 0 aliphatic carbocycles. The summed E-state index contributed by atoms with van der Waals surface area (Å²) in [5, 5.41) is 0. The minimum absolute atomic E-state index is 0.0323. The molecule has 1 aliphatic heterocycles. The van der Waals surface area contributed by atoms with Crippen LogP contribution >= 0.6 is 0 Å². The quantitative estimate of drug-likeness (QED) is 0.672. The fraction of sp³-hybridized carbons (Fsp3) is 0.533. The normalized spacial score (nSPS) is 19.2. The van der Waals surface area contributed by atoms with Crippen molar-refractivity contribution in [3.05, 3.63) is 28.8 Å². The highest BCUT2D eigenvalue weighted by atomic mass is 16.6. The molecule has 1 aromatic rings. The standard InChI is InChI=1S/C15H21NO3/c1-10-7-11(2)14(16)13(8-10)15(17)19-9-12-5-3-4-6-18-12/h7-8,12H,3-6,9,16H2,1-2H3. The predicted molar refractivity (Wildman–Crippen MR) is 74.2 cm³/mol. The number of carbonyl (C=O) groups excluding carboxylic acids is 1. The van der Waals surface area contributed by atoms with Crippen LogP contribution in [0.15, 0.2) is 12.1 Å². The van der Waals surface area contributed by atoms with Gasteiger partial charge < -0.3 is 15.2 Å². The Kier molecular flexibility index (Phi) is 4.43. The molecule has 4 heteroatoms. The van der Waals surface area contributed by atoms with E-state index in [4.69, 9.17) is 15.2 Å². The van der Waals surface area contributed by atoms with Gasteiger partial charge in [0.15, 0.2) is 0 Å². The number of hydrogen-bond acceptors (Lipinski definition) is 4. The Morgan fingerprint density at radius 2 is 2.21 bits per heavy atom. The van der Waals surface area contributed by atoms with E-state index >= 15 is 0 Å². The lowest BCUT2D eigenvalue weighted by atomic mass is 10.0. The third-order valence-corrected chi connectivity index (χ3v) is 3.43. The van der Waals surface area contributed by atoms with E-state index in [-0.39, 0.29) is 12.1 Å². The zero-order valence-electron chi connectivity index (χ0n) is 11.6. The first-order valence-electron chi connectivity index (χ1n) is 6.73. The molecule has 0 aromatic heterocycles. The van der Waals surface area contributed by atoms with Gasteiger partial charge in [-0.2, -0.15) is 0 Å². The van der Waals surface area contributed by atoms with Crippen LogP contribution in [-0.4, -0.2) is 25.3 Å². The Balaban J connectivity index is 1.99. The Morgan fingerprint density at radius 1 is 1.42 bits per heavy atom. The minimum atomic E-state index is -0.363. The average molecular weight is 263 g/mol. The molecule has 1 unspecified atom stereocenters. The lowest BCUT2D eigenvalue weighted by molar-refractivity contribution is -0.0300. The molecule has 1 aromatic carbocycles. The number of esters is 1. The van der Waals surface area contributed by atoms with Crippen molar-refractivity contribution in [2.24, 2.45) is 0 Å². The number of aryl methyl sites for hydroxylation is 2. The van der Waals surface area contributed by atoms with Crippen molar-refractivity contribution >= 4 is 11.7 Å². The van der Waals surface area contributed by atoms with Gasteiger partial charge in [-0.1, -0.05) is 6.07 Å². The second kappa shape index (κ2) is 6.06. The number of rotatable bonds is 3.